The molecular weight excluding hydrogens is 509 g/mol. The van der Waals surface area contributed by atoms with E-state index in [-0.39, 0.29) is 35.1 Å². The normalized spacial score (nSPS) is 11.5. The Bertz CT molecular complexity index is 1740. The molecule has 194 valence electrons. The van der Waals surface area contributed by atoms with Crippen LogP contribution in [0.25, 0.3) is 33.1 Å². The summed E-state index contributed by atoms with van der Waals surface area (Å²) < 4.78 is 22.2. The van der Waals surface area contributed by atoms with E-state index in [1.807, 2.05) is 31.1 Å². The van der Waals surface area contributed by atoms with Gasteiger partial charge in [0.25, 0.3) is 5.56 Å². The van der Waals surface area contributed by atoms with Crippen LogP contribution in [0.3, 0.4) is 0 Å². The minimum Gasteiger partial charge on any atom is -0.460 e. The molecular formula is C28H25ClFN5O3. The number of ether oxygens (including phenoxy) is 1. The summed E-state index contributed by atoms with van der Waals surface area (Å²) >= 11 is 6.54. The second-order valence-electron chi connectivity index (χ2n) is 9.27. The molecule has 4 aromatic heterocycles. The number of hydrogen-bond acceptors (Lipinski definition) is 6. The highest BCUT2D eigenvalue weighted by atomic mass is 35.5. The van der Waals surface area contributed by atoms with Crippen molar-refractivity contribution >= 4 is 39.5 Å². The molecule has 5 aromatic rings. The third kappa shape index (κ3) is 4.78. The standard InChI is InChI=1S/C28H25ClFN5O3/c1-16-12-20-22(14-21(16)30)35(15-18-13-17-6-4-8-31-26(17)33-25(18)29)24(28(37)38-11-10-34(2)3)23(20)19-7-5-9-32-27(19)36/h4-9,12-14H,10-11,15H2,1-3H3,(H,32,36). The van der Waals surface area contributed by atoms with E-state index < -0.39 is 11.8 Å². The quantitative estimate of drug-likeness (QED) is 0.238. The molecule has 0 saturated heterocycles. The molecule has 0 aliphatic heterocycles. The van der Waals surface area contributed by atoms with E-state index in [0.717, 1.165) is 5.39 Å². The molecule has 4 heterocycles. The number of benzene rings is 1. The molecule has 5 rings (SSSR count). The Morgan fingerprint density at radius 3 is 2.79 bits per heavy atom. The molecule has 0 aliphatic rings. The van der Waals surface area contributed by atoms with Gasteiger partial charge in [0.2, 0.25) is 0 Å². The molecule has 0 radical (unpaired) electrons. The van der Waals surface area contributed by atoms with Gasteiger partial charge in [-0.3, -0.25) is 4.79 Å². The van der Waals surface area contributed by atoms with Gasteiger partial charge in [-0.1, -0.05) is 11.6 Å². The average Bonchev–Trinajstić information content (AvgIpc) is 3.17. The first kappa shape index (κ1) is 25.6. The van der Waals surface area contributed by atoms with Crippen molar-refractivity contribution in [3.8, 4) is 11.1 Å². The maximum absolute atomic E-state index is 14.9. The highest BCUT2D eigenvalue weighted by molar-refractivity contribution is 6.30. The minimum atomic E-state index is -0.633. The summed E-state index contributed by atoms with van der Waals surface area (Å²) in [5, 5.41) is 1.52. The van der Waals surface area contributed by atoms with Gasteiger partial charge in [-0.2, -0.15) is 0 Å². The fraction of sp³-hybridized carbons (Fsp3) is 0.214. The van der Waals surface area contributed by atoms with Gasteiger partial charge >= 0.3 is 5.97 Å². The largest absolute Gasteiger partial charge is 0.460 e. The second kappa shape index (κ2) is 10.4. The molecule has 8 nitrogen and oxygen atoms in total. The van der Waals surface area contributed by atoms with Gasteiger partial charge < -0.3 is 19.2 Å². The molecule has 0 unspecified atom stereocenters. The van der Waals surface area contributed by atoms with Gasteiger partial charge in [-0.15, -0.1) is 0 Å². The van der Waals surface area contributed by atoms with Crippen LogP contribution in [0.2, 0.25) is 5.15 Å². The second-order valence-corrected chi connectivity index (χ2v) is 9.63. The third-order valence-electron chi connectivity index (χ3n) is 6.34. The smallest absolute Gasteiger partial charge is 0.355 e. The van der Waals surface area contributed by atoms with E-state index in [4.69, 9.17) is 16.3 Å². The van der Waals surface area contributed by atoms with E-state index in [2.05, 4.69) is 15.0 Å². The first-order valence-electron chi connectivity index (χ1n) is 12.0. The first-order valence-corrected chi connectivity index (χ1v) is 12.3. The molecule has 0 amide bonds. The zero-order valence-electron chi connectivity index (χ0n) is 21.1. The van der Waals surface area contributed by atoms with Crippen LogP contribution in [0.15, 0.2) is 59.7 Å². The predicted octanol–water partition coefficient (Wildman–Crippen LogP) is 4.81. The minimum absolute atomic E-state index is 0.0819. The van der Waals surface area contributed by atoms with Gasteiger partial charge in [0.1, 0.15) is 23.3 Å². The van der Waals surface area contributed by atoms with Gasteiger partial charge in [-0.25, -0.2) is 19.2 Å². The number of aromatic amines is 1. The Kier molecular flexibility index (Phi) is 6.96. The van der Waals surface area contributed by atoms with Crippen LogP contribution in [0.4, 0.5) is 4.39 Å². The van der Waals surface area contributed by atoms with Crippen LogP contribution in [-0.4, -0.2) is 57.6 Å². The number of fused-ring (bicyclic) bond motifs is 2. The van der Waals surface area contributed by atoms with Crippen LogP contribution in [0, 0.1) is 12.7 Å². The number of nitrogens with zero attached hydrogens (tertiary/aromatic N) is 4. The number of H-pyrrole nitrogens is 1. The summed E-state index contributed by atoms with van der Waals surface area (Å²) in [6.07, 6.45) is 3.14. The fourth-order valence-electron chi connectivity index (χ4n) is 4.44. The maximum atomic E-state index is 14.9. The van der Waals surface area contributed by atoms with Gasteiger partial charge in [-0.05, 0) is 69.0 Å². The summed E-state index contributed by atoms with van der Waals surface area (Å²) in [5.74, 6) is -1.07. The fourth-order valence-corrected chi connectivity index (χ4v) is 4.64. The topological polar surface area (TPSA) is 93.1 Å². The van der Waals surface area contributed by atoms with E-state index in [0.29, 0.717) is 39.8 Å². The maximum Gasteiger partial charge on any atom is 0.355 e. The lowest BCUT2D eigenvalue weighted by atomic mass is 10.0. The number of carbonyl (C=O) groups is 1. The Balaban J connectivity index is 1.78. The van der Waals surface area contributed by atoms with Crippen LogP contribution in [0.1, 0.15) is 21.6 Å². The Hall–Kier alpha value is -4.08. The van der Waals surface area contributed by atoms with Crippen molar-refractivity contribution in [1.29, 1.82) is 0 Å². The molecule has 1 N–H and O–H groups in total. The zero-order chi connectivity index (χ0) is 27.0. The van der Waals surface area contributed by atoms with E-state index >= 15 is 0 Å². The molecule has 0 bridgehead atoms. The van der Waals surface area contributed by atoms with Gasteiger partial charge in [0.15, 0.2) is 5.65 Å². The number of hydrogen-bond donors (Lipinski definition) is 1. The molecule has 38 heavy (non-hydrogen) atoms. The SMILES string of the molecule is Cc1cc2c(-c3ccc[nH]c3=O)c(C(=O)OCCN(C)C)n(Cc3cc4cccnc4nc3Cl)c2cc1F. The van der Waals surface area contributed by atoms with Crippen molar-refractivity contribution in [2.24, 2.45) is 0 Å². The van der Waals surface area contributed by atoms with Crippen molar-refractivity contribution in [2.45, 2.75) is 13.5 Å². The van der Waals surface area contributed by atoms with Crippen LogP contribution < -0.4 is 5.56 Å². The number of aromatic nitrogens is 4. The summed E-state index contributed by atoms with van der Waals surface area (Å²) in [5.41, 5.74) is 2.27. The lowest BCUT2D eigenvalue weighted by Crippen LogP contribution is -2.22. The van der Waals surface area contributed by atoms with Crippen molar-refractivity contribution in [3.05, 3.63) is 93.0 Å². The summed E-state index contributed by atoms with van der Waals surface area (Å²) in [6, 6.07) is 11.8. The molecule has 0 fully saturated rings. The number of aryl methyl sites for hydroxylation is 1. The van der Waals surface area contributed by atoms with E-state index in [1.54, 1.807) is 42.0 Å². The Morgan fingerprint density at radius 1 is 1.21 bits per heavy atom. The van der Waals surface area contributed by atoms with Crippen molar-refractivity contribution in [3.63, 3.8) is 0 Å². The first-order chi connectivity index (χ1) is 18.2. The van der Waals surface area contributed by atoms with Crippen LogP contribution in [0.5, 0.6) is 0 Å². The highest BCUT2D eigenvalue weighted by Crippen LogP contribution is 2.36. The Labute approximate surface area is 222 Å². The lowest BCUT2D eigenvalue weighted by molar-refractivity contribution is 0.0471. The number of esters is 1. The molecule has 0 saturated carbocycles. The molecule has 0 spiro atoms. The number of likely N-dealkylation sites (N-methyl/N-ethyl adjacent to an activating group) is 1. The summed E-state index contributed by atoms with van der Waals surface area (Å²) in [6.45, 7) is 2.36. The third-order valence-corrected chi connectivity index (χ3v) is 6.67. The van der Waals surface area contributed by atoms with Crippen molar-refractivity contribution in [2.75, 3.05) is 27.2 Å². The molecule has 1 aromatic carbocycles. The van der Waals surface area contributed by atoms with Crippen LogP contribution >= 0.6 is 11.6 Å². The molecule has 0 aliphatic carbocycles. The Morgan fingerprint density at radius 2 is 2.03 bits per heavy atom. The van der Waals surface area contributed by atoms with Crippen LogP contribution in [-0.2, 0) is 11.3 Å². The molecule has 0 atom stereocenters. The average molecular weight is 534 g/mol. The highest BCUT2D eigenvalue weighted by Gasteiger charge is 2.28. The predicted molar refractivity (Wildman–Crippen MR) is 145 cm³/mol. The van der Waals surface area contributed by atoms with Crippen molar-refractivity contribution < 1.29 is 13.9 Å². The van der Waals surface area contributed by atoms with Gasteiger partial charge in [0.05, 0.1) is 12.1 Å². The molecule has 10 heteroatoms. The zero-order valence-corrected chi connectivity index (χ0v) is 21.8. The van der Waals surface area contributed by atoms with Gasteiger partial charge in [0, 0.05) is 46.4 Å². The van der Waals surface area contributed by atoms with E-state index in [1.165, 1.54) is 12.3 Å². The number of rotatable bonds is 7. The number of halogens is 2. The lowest BCUT2D eigenvalue weighted by Gasteiger charge is -2.14. The number of nitrogens with one attached hydrogen (secondary N) is 1. The number of carbonyl (C=O) groups excluding carboxylic acids is 1. The summed E-state index contributed by atoms with van der Waals surface area (Å²) in [7, 11) is 3.74. The van der Waals surface area contributed by atoms with Crippen molar-refractivity contribution in [1.82, 2.24) is 24.4 Å². The van der Waals surface area contributed by atoms with E-state index in [9.17, 15) is 14.0 Å². The summed E-state index contributed by atoms with van der Waals surface area (Å²) in [4.78, 5) is 39.8. The monoisotopic (exact) mass is 533 g/mol. The number of pyridine rings is 3.